The van der Waals surface area contributed by atoms with Gasteiger partial charge in [0.05, 0.1) is 6.04 Å². The lowest BCUT2D eigenvalue weighted by Gasteiger charge is -2.32. The number of rotatable bonds is 1. The van der Waals surface area contributed by atoms with E-state index < -0.39 is 0 Å². The van der Waals surface area contributed by atoms with Gasteiger partial charge in [-0.15, -0.1) is 0 Å². The molecule has 0 aromatic heterocycles. The van der Waals surface area contributed by atoms with Crippen LogP contribution in [0.4, 0.5) is 4.79 Å². The lowest BCUT2D eigenvalue weighted by atomic mass is 9.91. The van der Waals surface area contributed by atoms with Crippen molar-refractivity contribution in [3.63, 3.8) is 0 Å². The fraction of sp³-hybridized carbons (Fsp3) is 0.900. The lowest BCUT2D eigenvalue weighted by molar-refractivity contribution is 0.181. The number of likely N-dealkylation sites (tertiary alicyclic amines) is 1. The number of urea groups is 1. The number of carbonyl (C=O) groups excluding carboxylic acids is 1. The maximum absolute atomic E-state index is 11.3. The highest BCUT2D eigenvalue weighted by atomic mass is 16.2. The van der Waals surface area contributed by atoms with Crippen molar-refractivity contribution in [3.05, 3.63) is 0 Å². The molecule has 0 aromatic rings. The van der Waals surface area contributed by atoms with Crippen LogP contribution in [0.1, 0.15) is 12.8 Å². The maximum Gasteiger partial charge on any atom is 0.317 e. The van der Waals surface area contributed by atoms with Crippen molar-refractivity contribution in [1.82, 2.24) is 15.1 Å². The molecule has 14 heavy (non-hydrogen) atoms. The third kappa shape index (κ3) is 1.85. The van der Waals surface area contributed by atoms with Gasteiger partial charge in [-0.25, -0.2) is 4.79 Å². The number of carbonyl (C=O) groups is 1. The van der Waals surface area contributed by atoms with Gasteiger partial charge in [-0.3, -0.25) is 0 Å². The summed E-state index contributed by atoms with van der Waals surface area (Å²) in [5, 5.41) is 3.05. The fourth-order valence-electron chi connectivity index (χ4n) is 2.49. The van der Waals surface area contributed by atoms with E-state index in [0.29, 0.717) is 12.0 Å². The summed E-state index contributed by atoms with van der Waals surface area (Å²) >= 11 is 0. The summed E-state index contributed by atoms with van der Waals surface area (Å²) in [6.45, 7) is 3.20. The van der Waals surface area contributed by atoms with Crippen molar-refractivity contribution < 1.29 is 4.79 Å². The summed E-state index contributed by atoms with van der Waals surface area (Å²) < 4.78 is 0. The fourth-order valence-corrected chi connectivity index (χ4v) is 2.49. The standard InChI is InChI=1S/C10H19N3O/c1-12-5-3-4-8(6-12)9-7-13(2)10(14)11-9/h8-9H,3-7H2,1-2H3,(H,11,14). The largest absolute Gasteiger partial charge is 0.333 e. The molecule has 0 spiro atoms. The number of hydrogen-bond donors (Lipinski definition) is 1. The van der Waals surface area contributed by atoms with Crippen LogP contribution < -0.4 is 5.32 Å². The molecular weight excluding hydrogens is 178 g/mol. The lowest BCUT2D eigenvalue weighted by Crippen LogP contribution is -2.43. The van der Waals surface area contributed by atoms with Gasteiger partial charge in [0.2, 0.25) is 0 Å². The molecule has 0 aliphatic carbocycles. The van der Waals surface area contributed by atoms with Crippen LogP contribution in [0, 0.1) is 5.92 Å². The highest BCUT2D eigenvalue weighted by molar-refractivity contribution is 5.76. The molecule has 2 aliphatic heterocycles. The van der Waals surface area contributed by atoms with Crippen LogP contribution in [0.25, 0.3) is 0 Å². The van der Waals surface area contributed by atoms with Gasteiger partial charge < -0.3 is 15.1 Å². The molecule has 2 unspecified atom stereocenters. The van der Waals surface area contributed by atoms with Gasteiger partial charge in [-0.1, -0.05) is 0 Å². The number of hydrogen-bond acceptors (Lipinski definition) is 2. The van der Waals surface area contributed by atoms with Gasteiger partial charge >= 0.3 is 6.03 Å². The van der Waals surface area contributed by atoms with Gasteiger partial charge in [0, 0.05) is 20.1 Å². The van der Waals surface area contributed by atoms with Gasteiger partial charge in [0.1, 0.15) is 0 Å². The molecule has 80 valence electrons. The van der Waals surface area contributed by atoms with Gasteiger partial charge in [0.25, 0.3) is 0 Å². The van der Waals surface area contributed by atoms with E-state index in [-0.39, 0.29) is 6.03 Å². The molecule has 2 atom stereocenters. The van der Waals surface area contributed by atoms with Crippen molar-refractivity contribution in [3.8, 4) is 0 Å². The van der Waals surface area contributed by atoms with Crippen molar-refractivity contribution in [2.45, 2.75) is 18.9 Å². The molecule has 2 rings (SSSR count). The molecule has 2 heterocycles. The first-order valence-electron chi connectivity index (χ1n) is 5.37. The second-order valence-electron chi connectivity index (χ2n) is 4.60. The molecule has 0 radical (unpaired) electrons. The minimum absolute atomic E-state index is 0.0863. The highest BCUT2D eigenvalue weighted by Crippen LogP contribution is 2.21. The Bertz CT molecular complexity index is 231. The average molecular weight is 197 g/mol. The molecule has 0 bridgehead atoms. The van der Waals surface area contributed by atoms with Crippen molar-refractivity contribution >= 4 is 6.03 Å². The van der Waals surface area contributed by atoms with E-state index in [1.54, 1.807) is 4.90 Å². The van der Waals surface area contributed by atoms with E-state index >= 15 is 0 Å². The number of nitrogens with zero attached hydrogens (tertiary/aromatic N) is 2. The Hall–Kier alpha value is -0.770. The molecule has 4 nitrogen and oxygen atoms in total. The Morgan fingerprint density at radius 3 is 2.71 bits per heavy atom. The van der Waals surface area contributed by atoms with Crippen LogP contribution in [-0.2, 0) is 0 Å². The SMILES string of the molecule is CN1CCCC(C2CN(C)C(=O)N2)C1. The van der Waals surface area contributed by atoms with Crippen LogP contribution in [0.15, 0.2) is 0 Å². The predicted molar refractivity (Wildman–Crippen MR) is 55.2 cm³/mol. The minimum Gasteiger partial charge on any atom is -0.333 e. The number of amides is 2. The summed E-state index contributed by atoms with van der Waals surface area (Å²) in [4.78, 5) is 15.4. The summed E-state index contributed by atoms with van der Waals surface area (Å²) in [5.41, 5.74) is 0. The number of piperidine rings is 1. The van der Waals surface area contributed by atoms with Crippen molar-refractivity contribution in [2.24, 2.45) is 5.92 Å². The zero-order chi connectivity index (χ0) is 10.1. The Kier molecular flexibility index (Phi) is 2.63. The molecule has 2 fully saturated rings. The summed E-state index contributed by atoms with van der Waals surface area (Å²) in [6.07, 6.45) is 2.51. The maximum atomic E-state index is 11.3. The Morgan fingerprint density at radius 1 is 1.36 bits per heavy atom. The first-order valence-corrected chi connectivity index (χ1v) is 5.37. The monoisotopic (exact) mass is 197 g/mol. The Labute approximate surface area is 85.2 Å². The number of nitrogens with one attached hydrogen (secondary N) is 1. The highest BCUT2D eigenvalue weighted by Gasteiger charge is 2.33. The molecule has 0 aromatic carbocycles. The third-order valence-corrected chi connectivity index (χ3v) is 3.36. The first kappa shape index (κ1) is 9.77. The van der Waals surface area contributed by atoms with E-state index in [1.807, 2.05) is 7.05 Å². The second-order valence-corrected chi connectivity index (χ2v) is 4.60. The topological polar surface area (TPSA) is 35.6 Å². The van der Waals surface area contributed by atoms with Gasteiger partial charge in [-0.05, 0) is 32.4 Å². The molecular formula is C10H19N3O. The normalized spacial score (nSPS) is 34.7. The van der Waals surface area contributed by atoms with Crippen LogP contribution in [0.3, 0.4) is 0 Å². The minimum atomic E-state index is 0.0863. The first-order chi connectivity index (χ1) is 6.66. The van der Waals surface area contributed by atoms with Gasteiger partial charge in [0.15, 0.2) is 0 Å². The summed E-state index contributed by atoms with van der Waals surface area (Å²) in [5.74, 6) is 0.641. The molecule has 2 aliphatic rings. The van der Waals surface area contributed by atoms with E-state index in [4.69, 9.17) is 0 Å². The van der Waals surface area contributed by atoms with Crippen LogP contribution in [0.2, 0.25) is 0 Å². The van der Waals surface area contributed by atoms with Gasteiger partial charge in [-0.2, -0.15) is 0 Å². The molecule has 1 N–H and O–H groups in total. The third-order valence-electron chi connectivity index (χ3n) is 3.36. The van der Waals surface area contributed by atoms with E-state index in [2.05, 4.69) is 17.3 Å². The van der Waals surface area contributed by atoms with Crippen LogP contribution in [0.5, 0.6) is 0 Å². The zero-order valence-corrected chi connectivity index (χ0v) is 8.99. The van der Waals surface area contributed by atoms with E-state index in [0.717, 1.165) is 13.1 Å². The van der Waals surface area contributed by atoms with E-state index in [9.17, 15) is 4.79 Å². The van der Waals surface area contributed by atoms with Crippen LogP contribution >= 0.6 is 0 Å². The molecule has 0 saturated carbocycles. The molecule has 2 amide bonds. The summed E-state index contributed by atoms with van der Waals surface area (Å²) in [7, 11) is 4.02. The smallest absolute Gasteiger partial charge is 0.317 e. The zero-order valence-electron chi connectivity index (χ0n) is 8.99. The summed E-state index contributed by atoms with van der Waals surface area (Å²) in [6, 6.07) is 0.457. The predicted octanol–water partition coefficient (Wildman–Crippen LogP) is 0.352. The second kappa shape index (κ2) is 3.77. The quantitative estimate of drug-likeness (QED) is 0.658. The number of likely N-dealkylation sites (N-methyl/N-ethyl adjacent to an activating group) is 1. The van der Waals surface area contributed by atoms with Crippen molar-refractivity contribution in [2.75, 3.05) is 33.7 Å². The Morgan fingerprint density at radius 2 is 2.14 bits per heavy atom. The van der Waals surface area contributed by atoms with Crippen molar-refractivity contribution in [1.29, 1.82) is 0 Å². The molecule has 2 saturated heterocycles. The van der Waals surface area contributed by atoms with Crippen LogP contribution in [-0.4, -0.2) is 55.6 Å². The molecule has 4 heteroatoms. The average Bonchev–Trinajstić information content (AvgIpc) is 2.47. The Balaban J connectivity index is 1.92. The van der Waals surface area contributed by atoms with E-state index in [1.165, 1.54) is 19.4 Å².